The van der Waals surface area contributed by atoms with Gasteiger partial charge in [0.2, 0.25) is 11.8 Å². The summed E-state index contributed by atoms with van der Waals surface area (Å²) >= 11 is 6.65. The fraction of sp³-hybridized carbons (Fsp3) is 0.281. The first-order valence-electron chi connectivity index (χ1n) is 13.6. The van der Waals surface area contributed by atoms with Gasteiger partial charge >= 0.3 is 0 Å². The molecule has 204 valence electrons. The van der Waals surface area contributed by atoms with Crippen LogP contribution >= 0.6 is 24.0 Å². The van der Waals surface area contributed by atoms with Crippen LogP contribution in [0.5, 0.6) is 0 Å². The van der Waals surface area contributed by atoms with Crippen molar-refractivity contribution in [3.05, 3.63) is 101 Å². The first-order valence-corrected chi connectivity index (χ1v) is 14.9. The monoisotopic (exact) mass is 568 g/mol. The van der Waals surface area contributed by atoms with Crippen molar-refractivity contribution >= 4 is 46.5 Å². The van der Waals surface area contributed by atoms with Gasteiger partial charge in [-0.1, -0.05) is 60.1 Å². The molecule has 0 saturated carbocycles. The first-order chi connectivity index (χ1) is 19.5. The molecule has 0 radical (unpaired) electrons. The zero-order valence-corrected chi connectivity index (χ0v) is 23.8. The summed E-state index contributed by atoms with van der Waals surface area (Å²) < 4.78 is 0. The molecule has 2 unspecified atom stereocenters. The summed E-state index contributed by atoms with van der Waals surface area (Å²) in [4.78, 5) is 32.0. The van der Waals surface area contributed by atoms with Crippen molar-refractivity contribution < 1.29 is 9.59 Å². The Balaban J connectivity index is 1.34. The molecular weight excluding hydrogens is 537 g/mol. The number of allylic oxidation sites excluding steroid dienone is 1. The van der Waals surface area contributed by atoms with Gasteiger partial charge < -0.3 is 16.0 Å². The van der Waals surface area contributed by atoms with Crippen molar-refractivity contribution in [2.75, 3.05) is 11.4 Å². The maximum absolute atomic E-state index is 13.8. The van der Waals surface area contributed by atoms with Gasteiger partial charge in [0.15, 0.2) is 0 Å². The van der Waals surface area contributed by atoms with Crippen molar-refractivity contribution in [3.63, 3.8) is 0 Å². The molecule has 2 aliphatic rings. The molecule has 8 heteroatoms. The molecule has 40 heavy (non-hydrogen) atoms. The minimum atomic E-state index is -0.519. The molecule has 1 aromatic heterocycles. The Morgan fingerprint density at radius 2 is 1.95 bits per heavy atom. The molecule has 1 aliphatic carbocycles. The molecule has 2 amide bonds. The van der Waals surface area contributed by atoms with Gasteiger partial charge in [-0.05, 0) is 74.4 Å². The molecule has 4 N–H and O–H groups in total. The molecular formula is C32H32N4O2S2. The Bertz CT molecular complexity index is 1490. The molecule has 3 aromatic rings. The first kappa shape index (κ1) is 27.8. The van der Waals surface area contributed by atoms with E-state index in [0.717, 1.165) is 36.2 Å². The lowest BCUT2D eigenvalue weighted by Crippen LogP contribution is -2.34. The van der Waals surface area contributed by atoms with E-state index in [1.165, 1.54) is 30.2 Å². The fourth-order valence-electron chi connectivity index (χ4n) is 4.99. The van der Waals surface area contributed by atoms with Gasteiger partial charge in [0.05, 0.1) is 10.9 Å². The molecule has 2 atom stereocenters. The Hall–Kier alpha value is -3.80. The summed E-state index contributed by atoms with van der Waals surface area (Å²) in [5.41, 5.74) is 11.2. The molecule has 1 aliphatic heterocycles. The molecule has 5 rings (SSSR count). The van der Waals surface area contributed by atoms with Crippen LogP contribution in [0.15, 0.2) is 78.4 Å². The second-order valence-electron chi connectivity index (χ2n) is 9.96. The van der Waals surface area contributed by atoms with Crippen LogP contribution in [0.3, 0.4) is 0 Å². The van der Waals surface area contributed by atoms with Crippen molar-refractivity contribution in [2.24, 2.45) is 5.73 Å². The Morgan fingerprint density at radius 3 is 2.73 bits per heavy atom. The van der Waals surface area contributed by atoms with Gasteiger partial charge in [0, 0.05) is 35.5 Å². The topological polar surface area (TPSA) is 91.2 Å². The summed E-state index contributed by atoms with van der Waals surface area (Å²) in [5.74, 6) is 6.10. The predicted molar refractivity (Wildman–Crippen MR) is 166 cm³/mol. The van der Waals surface area contributed by atoms with Gasteiger partial charge in [0.1, 0.15) is 10.4 Å². The summed E-state index contributed by atoms with van der Waals surface area (Å²) in [6, 6.07) is 21.0. The number of H-pyrrole nitrogens is 1. The van der Waals surface area contributed by atoms with E-state index in [1.54, 1.807) is 4.90 Å². The zero-order valence-electron chi connectivity index (χ0n) is 22.2. The Labute approximate surface area is 244 Å². The molecule has 1 saturated heterocycles. The van der Waals surface area contributed by atoms with Gasteiger partial charge in [0.25, 0.3) is 0 Å². The van der Waals surface area contributed by atoms with E-state index in [9.17, 15) is 9.59 Å². The van der Waals surface area contributed by atoms with Gasteiger partial charge in [-0.2, -0.15) is 0 Å². The lowest BCUT2D eigenvalue weighted by molar-refractivity contribution is -0.124. The molecule has 2 aromatic carbocycles. The number of rotatable bonds is 8. The van der Waals surface area contributed by atoms with E-state index in [-0.39, 0.29) is 28.6 Å². The van der Waals surface area contributed by atoms with E-state index in [1.807, 2.05) is 66.7 Å². The number of hydrogen-bond donors (Lipinski definition) is 3. The van der Waals surface area contributed by atoms with E-state index in [0.29, 0.717) is 17.8 Å². The lowest BCUT2D eigenvalue weighted by Gasteiger charge is -2.23. The van der Waals surface area contributed by atoms with Crippen LogP contribution < -0.4 is 16.0 Å². The minimum Gasteiger partial charge on any atom is -0.389 e. The largest absolute Gasteiger partial charge is 0.389 e. The lowest BCUT2D eigenvalue weighted by atomic mass is 9.97. The summed E-state index contributed by atoms with van der Waals surface area (Å²) in [6.45, 7) is 0.597. The third-order valence-electron chi connectivity index (χ3n) is 7.06. The van der Waals surface area contributed by atoms with Gasteiger partial charge in [-0.25, -0.2) is 0 Å². The molecule has 0 spiro atoms. The number of anilines is 1. The molecule has 0 bridgehead atoms. The average Bonchev–Trinajstić information content (AvgIpc) is 3.57. The standard InChI is InChI=1S/C32H32N4O2S2/c33-30(39)24-12-7-13-26(20-24)36-31(38)28(21-29(37)34-19-18-23-10-5-2-6-11-23)40-32(36)27-17-16-25(35-27)15-14-22-8-3-1-4-9-22/h1,3-4,7-10,12-13,16-17,20,28,32,35H,2,5-6,11,18-19,21H2,(H2,33,39)(H,34,37). The second kappa shape index (κ2) is 13.0. The van der Waals surface area contributed by atoms with Crippen LogP contribution in [0.2, 0.25) is 0 Å². The number of thioether (sulfide) groups is 1. The van der Waals surface area contributed by atoms with Crippen LogP contribution in [0, 0.1) is 11.8 Å². The normalized spacial score (nSPS) is 18.6. The third kappa shape index (κ3) is 6.85. The molecule has 6 nitrogen and oxygen atoms in total. The van der Waals surface area contributed by atoms with Crippen LogP contribution in [-0.4, -0.2) is 33.6 Å². The molecule has 2 heterocycles. The Kier molecular flexibility index (Phi) is 9.04. The van der Waals surface area contributed by atoms with Crippen LogP contribution in [0.4, 0.5) is 5.69 Å². The van der Waals surface area contributed by atoms with E-state index in [2.05, 4.69) is 28.2 Å². The number of nitrogens with two attached hydrogens (primary N) is 1. The number of thiocarbonyl (C=S) groups is 1. The van der Waals surface area contributed by atoms with E-state index >= 15 is 0 Å². The fourth-order valence-corrected chi connectivity index (χ4v) is 6.54. The number of carbonyl (C=O) groups excluding carboxylic acids is 2. The number of amides is 2. The highest BCUT2D eigenvalue weighted by Crippen LogP contribution is 2.46. The summed E-state index contributed by atoms with van der Waals surface area (Å²) in [6.07, 6.45) is 7.99. The summed E-state index contributed by atoms with van der Waals surface area (Å²) in [7, 11) is 0. The number of aromatic nitrogens is 1. The number of nitrogens with zero attached hydrogens (tertiary/aromatic N) is 1. The van der Waals surface area contributed by atoms with Crippen molar-refractivity contribution in [1.82, 2.24) is 10.3 Å². The highest BCUT2D eigenvalue weighted by atomic mass is 32.2. The van der Waals surface area contributed by atoms with E-state index < -0.39 is 5.25 Å². The van der Waals surface area contributed by atoms with Gasteiger partial charge in [-0.3, -0.25) is 14.5 Å². The van der Waals surface area contributed by atoms with Crippen LogP contribution in [-0.2, 0) is 9.59 Å². The Morgan fingerprint density at radius 1 is 1.10 bits per heavy atom. The van der Waals surface area contributed by atoms with Crippen LogP contribution in [0.25, 0.3) is 0 Å². The zero-order chi connectivity index (χ0) is 27.9. The van der Waals surface area contributed by atoms with Crippen molar-refractivity contribution in [2.45, 2.75) is 49.1 Å². The maximum Gasteiger partial charge on any atom is 0.242 e. The van der Waals surface area contributed by atoms with Crippen molar-refractivity contribution in [1.29, 1.82) is 0 Å². The second-order valence-corrected chi connectivity index (χ2v) is 11.7. The van der Waals surface area contributed by atoms with Crippen LogP contribution in [0.1, 0.15) is 66.4 Å². The maximum atomic E-state index is 13.8. The number of benzene rings is 2. The number of aromatic amines is 1. The quantitative estimate of drug-likeness (QED) is 0.187. The number of carbonyl (C=O) groups is 2. The third-order valence-corrected chi connectivity index (χ3v) is 8.72. The average molecular weight is 569 g/mol. The highest BCUT2D eigenvalue weighted by molar-refractivity contribution is 8.01. The van der Waals surface area contributed by atoms with Crippen molar-refractivity contribution in [3.8, 4) is 11.8 Å². The molecule has 1 fully saturated rings. The number of nitrogens with one attached hydrogen (secondary N) is 2. The van der Waals surface area contributed by atoms with Gasteiger partial charge in [-0.15, -0.1) is 11.8 Å². The predicted octanol–water partition coefficient (Wildman–Crippen LogP) is 5.59. The SMILES string of the molecule is NC(=S)c1cccc(N2C(=O)C(CC(=O)NCCC3=CCCCC3)SC2c2ccc(C#Cc3ccccc3)[nH]2)c1. The van der Waals surface area contributed by atoms with E-state index in [4.69, 9.17) is 18.0 Å². The number of hydrogen-bond acceptors (Lipinski definition) is 4. The summed E-state index contributed by atoms with van der Waals surface area (Å²) in [5, 5.41) is 2.15. The minimum absolute atomic E-state index is 0.111. The smallest absolute Gasteiger partial charge is 0.242 e. The highest BCUT2D eigenvalue weighted by Gasteiger charge is 2.43.